The molecule has 1 saturated carbocycles. The van der Waals surface area contributed by atoms with Crippen LogP contribution in [0.5, 0.6) is 0 Å². The Balaban J connectivity index is 1.95. The monoisotopic (exact) mass is 280 g/mol. The predicted molar refractivity (Wildman–Crippen MR) is 79.4 cm³/mol. The van der Waals surface area contributed by atoms with E-state index in [2.05, 4.69) is 26.8 Å². The second kappa shape index (κ2) is 5.88. The Hall–Kier alpha value is -0.830. The van der Waals surface area contributed by atoms with E-state index in [9.17, 15) is 4.79 Å². The lowest BCUT2D eigenvalue weighted by Crippen LogP contribution is -2.57. The lowest BCUT2D eigenvalue weighted by Gasteiger charge is -2.56. The number of allylic oxidation sites excluding steroid dienone is 2. The number of hydrogen-bond acceptors (Lipinski definition) is 3. The van der Waals surface area contributed by atoms with Crippen LogP contribution in [0.4, 0.5) is 0 Å². The van der Waals surface area contributed by atoms with Gasteiger partial charge in [0.15, 0.2) is 0 Å². The molecule has 3 heteroatoms. The standard InChI is InChI=1S/C17H28O3/c1-13(2)6-5-7-17-9-8-16(12-20-17,14(3)10-17)11-19-15(4)18/h6,14H,5,7-12H2,1-4H3/t14-,16-,17-/m0/s1. The van der Waals surface area contributed by atoms with Gasteiger partial charge in [-0.25, -0.2) is 0 Å². The predicted octanol–water partition coefficient (Wildman–Crippen LogP) is 3.87. The summed E-state index contributed by atoms with van der Waals surface area (Å²) in [5, 5.41) is 0. The number of carbonyl (C=O) groups is 1. The number of hydrogen-bond donors (Lipinski definition) is 0. The van der Waals surface area contributed by atoms with Crippen molar-refractivity contribution in [2.75, 3.05) is 13.2 Å². The quantitative estimate of drug-likeness (QED) is 0.566. The molecule has 0 amide bonds. The molecule has 0 unspecified atom stereocenters. The summed E-state index contributed by atoms with van der Waals surface area (Å²) in [7, 11) is 0. The van der Waals surface area contributed by atoms with Crippen molar-refractivity contribution in [2.24, 2.45) is 11.3 Å². The number of esters is 1. The van der Waals surface area contributed by atoms with E-state index in [1.165, 1.54) is 12.5 Å². The van der Waals surface area contributed by atoms with E-state index in [1.807, 2.05) is 0 Å². The fourth-order valence-electron chi connectivity index (χ4n) is 3.67. The van der Waals surface area contributed by atoms with E-state index in [1.54, 1.807) is 0 Å². The summed E-state index contributed by atoms with van der Waals surface area (Å²) in [4.78, 5) is 11.1. The van der Waals surface area contributed by atoms with Crippen LogP contribution in [-0.2, 0) is 14.3 Å². The van der Waals surface area contributed by atoms with E-state index in [4.69, 9.17) is 9.47 Å². The highest BCUT2D eigenvalue weighted by Crippen LogP contribution is 2.54. The van der Waals surface area contributed by atoms with Gasteiger partial charge >= 0.3 is 5.97 Å². The first-order valence-electron chi connectivity index (χ1n) is 7.78. The van der Waals surface area contributed by atoms with Gasteiger partial charge in [-0.2, -0.15) is 0 Å². The molecule has 2 heterocycles. The van der Waals surface area contributed by atoms with Gasteiger partial charge in [-0.05, 0) is 51.9 Å². The number of fused-ring (bicyclic) bond motifs is 3. The van der Waals surface area contributed by atoms with E-state index in [0.717, 1.165) is 38.7 Å². The van der Waals surface area contributed by atoms with Gasteiger partial charge in [0.05, 0.1) is 18.8 Å². The van der Waals surface area contributed by atoms with E-state index in [0.29, 0.717) is 12.5 Å². The molecule has 20 heavy (non-hydrogen) atoms. The molecule has 3 nitrogen and oxygen atoms in total. The van der Waals surface area contributed by atoms with Gasteiger partial charge in [0, 0.05) is 12.3 Å². The van der Waals surface area contributed by atoms with Gasteiger partial charge in [0.25, 0.3) is 0 Å². The van der Waals surface area contributed by atoms with Crippen LogP contribution in [0.3, 0.4) is 0 Å². The van der Waals surface area contributed by atoms with Crippen molar-refractivity contribution >= 4 is 5.97 Å². The molecular weight excluding hydrogens is 252 g/mol. The van der Waals surface area contributed by atoms with Crippen molar-refractivity contribution < 1.29 is 14.3 Å². The number of carbonyl (C=O) groups excluding carboxylic acids is 1. The molecule has 0 aromatic rings. The Labute approximate surface area is 122 Å². The van der Waals surface area contributed by atoms with E-state index < -0.39 is 0 Å². The summed E-state index contributed by atoms with van der Waals surface area (Å²) < 4.78 is 11.5. The summed E-state index contributed by atoms with van der Waals surface area (Å²) >= 11 is 0. The molecule has 3 fully saturated rings. The maximum Gasteiger partial charge on any atom is 0.302 e. The summed E-state index contributed by atoms with van der Waals surface area (Å²) in [6, 6.07) is 0. The fraction of sp³-hybridized carbons (Fsp3) is 0.824. The summed E-state index contributed by atoms with van der Waals surface area (Å²) in [5.74, 6) is 0.383. The molecule has 2 aliphatic heterocycles. The van der Waals surface area contributed by atoms with Crippen molar-refractivity contribution in [2.45, 2.75) is 65.4 Å². The van der Waals surface area contributed by atoms with Crippen molar-refractivity contribution in [3.8, 4) is 0 Å². The van der Waals surface area contributed by atoms with Gasteiger partial charge in [-0.15, -0.1) is 0 Å². The zero-order chi connectivity index (χ0) is 14.8. The summed E-state index contributed by atoms with van der Waals surface area (Å²) in [6.45, 7) is 9.34. The number of ether oxygens (including phenoxy) is 2. The minimum atomic E-state index is -0.183. The average Bonchev–Trinajstić information content (AvgIpc) is 2.37. The van der Waals surface area contributed by atoms with Crippen LogP contribution >= 0.6 is 0 Å². The Bertz CT molecular complexity index is 385. The minimum Gasteiger partial charge on any atom is -0.465 e. The topological polar surface area (TPSA) is 35.5 Å². The van der Waals surface area contributed by atoms with E-state index in [-0.39, 0.29) is 17.0 Å². The third-order valence-corrected chi connectivity index (χ3v) is 5.18. The minimum absolute atomic E-state index is 0.0595. The zero-order valence-electron chi connectivity index (χ0n) is 13.3. The van der Waals surface area contributed by atoms with Crippen molar-refractivity contribution in [1.82, 2.24) is 0 Å². The van der Waals surface area contributed by atoms with E-state index >= 15 is 0 Å². The maximum atomic E-state index is 11.1. The Morgan fingerprint density at radius 2 is 2.10 bits per heavy atom. The van der Waals surface area contributed by atoms with Crippen LogP contribution < -0.4 is 0 Å². The van der Waals surface area contributed by atoms with Crippen LogP contribution in [0.25, 0.3) is 0 Å². The largest absolute Gasteiger partial charge is 0.465 e. The third-order valence-electron chi connectivity index (χ3n) is 5.18. The lowest BCUT2D eigenvalue weighted by molar-refractivity contribution is -0.224. The van der Waals surface area contributed by atoms with Crippen LogP contribution in [0.1, 0.15) is 59.8 Å². The Morgan fingerprint density at radius 1 is 1.35 bits per heavy atom. The van der Waals surface area contributed by atoms with Gasteiger partial charge in [0.1, 0.15) is 0 Å². The smallest absolute Gasteiger partial charge is 0.302 e. The molecule has 3 rings (SSSR count). The molecule has 114 valence electrons. The Morgan fingerprint density at radius 3 is 2.60 bits per heavy atom. The van der Waals surface area contributed by atoms with Gasteiger partial charge in [0.2, 0.25) is 0 Å². The molecule has 2 bridgehead atoms. The first kappa shape index (κ1) is 15.6. The molecule has 1 aliphatic carbocycles. The van der Waals surface area contributed by atoms with Crippen LogP contribution in [-0.4, -0.2) is 24.8 Å². The summed E-state index contributed by atoms with van der Waals surface area (Å²) in [6.07, 6.45) is 7.85. The highest BCUT2D eigenvalue weighted by molar-refractivity contribution is 5.65. The number of rotatable bonds is 5. The maximum absolute atomic E-state index is 11.1. The molecule has 0 aromatic heterocycles. The molecule has 0 spiro atoms. The first-order valence-corrected chi connectivity index (χ1v) is 7.78. The highest BCUT2D eigenvalue weighted by Gasteiger charge is 2.53. The highest BCUT2D eigenvalue weighted by atomic mass is 16.5. The fourth-order valence-corrected chi connectivity index (χ4v) is 3.67. The van der Waals surface area contributed by atoms with Crippen molar-refractivity contribution in [3.63, 3.8) is 0 Å². The molecule has 0 aromatic carbocycles. The zero-order valence-corrected chi connectivity index (χ0v) is 13.3. The molecule has 2 saturated heterocycles. The molecule has 3 aliphatic rings. The Kier molecular flexibility index (Phi) is 4.58. The molecule has 0 N–H and O–H groups in total. The van der Waals surface area contributed by atoms with Crippen molar-refractivity contribution in [3.05, 3.63) is 11.6 Å². The second-order valence-electron chi connectivity index (χ2n) is 7.04. The lowest BCUT2D eigenvalue weighted by atomic mass is 9.59. The summed E-state index contributed by atoms with van der Waals surface area (Å²) in [5.41, 5.74) is 1.51. The second-order valence-corrected chi connectivity index (χ2v) is 7.04. The van der Waals surface area contributed by atoms with Gasteiger partial charge in [-0.3, -0.25) is 4.79 Å². The van der Waals surface area contributed by atoms with Gasteiger partial charge < -0.3 is 9.47 Å². The normalized spacial score (nSPS) is 35.7. The molecular formula is C17H28O3. The molecule has 0 radical (unpaired) electrons. The van der Waals surface area contributed by atoms with Gasteiger partial charge in [-0.1, -0.05) is 18.6 Å². The van der Waals surface area contributed by atoms with Crippen molar-refractivity contribution in [1.29, 1.82) is 0 Å². The average molecular weight is 280 g/mol. The molecule has 3 atom stereocenters. The van der Waals surface area contributed by atoms with Crippen LogP contribution in [0.2, 0.25) is 0 Å². The van der Waals surface area contributed by atoms with Crippen LogP contribution in [0.15, 0.2) is 11.6 Å². The van der Waals surface area contributed by atoms with Crippen LogP contribution in [0, 0.1) is 11.3 Å². The third kappa shape index (κ3) is 3.25. The SMILES string of the molecule is CC(=O)OC[C@]12CC[C@@](CCC=C(C)C)(C[C@@H]1C)OC2. The first-order chi connectivity index (χ1) is 9.38.